The van der Waals surface area contributed by atoms with E-state index in [4.69, 9.17) is 15.2 Å². The van der Waals surface area contributed by atoms with Crippen LogP contribution in [-0.4, -0.2) is 40.7 Å². The summed E-state index contributed by atoms with van der Waals surface area (Å²) in [5.41, 5.74) is 5.25. The summed E-state index contributed by atoms with van der Waals surface area (Å²) in [4.78, 5) is 11.3. The number of carbonyl (C=O) groups is 1. The molecule has 1 heterocycles. The molecule has 7 nitrogen and oxygen atoms in total. The zero-order valence-corrected chi connectivity index (χ0v) is 12.5. The summed E-state index contributed by atoms with van der Waals surface area (Å²) < 4.78 is 37.2. The predicted octanol–water partition coefficient (Wildman–Crippen LogP) is 0.251. The van der Waals surface area contributed by atoms with Crippen molar-refractivity contribution >= 4 is 15.9 Å². The second kappa shape index (κ2) is 6.42. The average Bonchev–Trinajstić information content (AvgIpc) is 2.97. The number of rotatable bonds is 6. The van der Waals surface area contributed by atoms with E-state index >= 15 is 0 Å². The van der Waals surface area contributed by atoms with Gasteiger partial charge in [-0.15, -0.1) is 0 Å². The largest absolute Gasteiger partial charge is 0.496 e. The minimum absolute atomic E-state index is 0.0255. The first-order valence-electron chi connectivity index (χ1n) is 6.53. The van der Waals surface area contributed by atoms with Crippen molar-refractivity contribution in [3.63, 3.8) is 0 Å². The highest BCUT2D eigenvalue weighted by Crippen LogP contribution is 2.22. The van der Waals surface area contributed by atoms with E-state index in [0.717, 1.165) is 12.8 Å². The smallest absolute Gasteiger partial charge is 0.252 e. The highest BCUT2D eigenvalue weighted by Gasteiger charge is 2.22. The summed E-state index contributed by atoms with van der Waals surface area (Å²) in [6.07, 6.45) is 1.66. The van der Waals surface area contributed by atoms with Crippen molar-refractivity contribution in [1.29, 1.82) is 0 Å². The minimum Gasteiger partial charge on any atom is -0.496 e. The van der Waals surface area contributed by atoms with Crippen molar-refractivity contribution in [3.05, 3.63) is 23.8 Å². The van der Waals surface area contributed by atoms with Crippen LogP contribution in [0.5, 0.6) is 5.75 Å². The van der Waals surface area contributed by atoms with Gasteiger partial charge in [0.2, 0.25) is 10.0 Å². The molecular weight excluding hydrogens is 296 g/mol. The van der Waals surface area contributed by atoms with Crippen molar-refractivity contribution in [3.8, 4) is 5.75 Å². The van der Waals surface area contributed by atoms with Crippen molar-refractivity contribution in [2.75, 3.05) is 20.3 Å². The molecule has 0 saturated carbocycles. The van der Waals surface area contributed by atoms with E-state index in [1.807, 2.05) is 0 Å². The molecule has 1 saturated heterocycles. The molecule has 21 heavy (non-hydrogen) atoms. The van der Waals surface area contributed by atoms with E-state index in [2.05, 4.69) is 4.72 Å². The fourth-order valence-corrected chi connectivity index (χ4v) is 3.23. The third-order valence-corrected chi connectivity index (χ3v) is 4.69. The Kier molecular flexibility index (Phi) is 4.81. The number of methoxy groups -OCH3 is 1. The van der Waals surface area contributed by atoms with Gasteiger partial charge in [0.15, 0.2) is 0 Å². The Morgan fingerprint density at radius 2 is 2.29 bits per heavy atom. The lowest BCUT2D eigenvalue weighted by Crippen LogP contribution is -2.32. The second-order valence-electron chi connectivity index (χ2n) is 4.71. The van der Waals surface area contributed by atoms with Crippen LogP contribution in [0.2, 0.25) is 0 Å². The van der Waals surface area contributed by atoms with Gasteiger partial charge >= 0.3 is 0 Å². The first kappa shape index (κ1) is 15.7. The van der Waals surface area contributed by atoms with Crippen LogP contribution in [0, 0.1) is 0 Å². The number of sulfonamides is 1. The quantitative estimate of drug-likeness (QED) is 0.782. The van der Waals surface area contributed by atoms with Crippen LogP contribution < -0.4 is 15.2 Å². The minimum atomic E-state index is -3.72. The third kappa shape index (κ3) is 3.72. The summed E-state index contributed by atoms with van der Waals surface area (Å²) >= 11 is 0. The van der Waals surface area contributed by atoms with E-state index in [9.17, 15) is 13.2 Å². The third-order valence-electron chi connectivity index (χ3n) is 3.27. The number of hydrogen-bond donors (Lipinski definition) is 2. The molecule has 1 aromatic rings. The van der Waals surface area contributed by atoms with Crippen LogP contribution in [0.1, 0.15) is 23.2 Å². The molecule has 1 fully saturated rings. The molecule has 0 aromatic heterocycles. The van der Waals surface area contributed by atoms with E-state index in [-0.39, 0.29) is 28.9 Å². The lowest BCUT2D eigenvalue weighted by Gasteiger charge is -2.12. The SMILES string of the molecule is COc1ccc(S(=O)(=O)NCC2CCCO2)cc1C(N)=O. The van der Waals surface area contributed by atoms with Crippen molar-refractivity contribution in [1.82, 2.24) is 4.72 Å². The first-order valence-corrected chi connectivity index (χ1v) is 8.01. The van der Waals surface area contributed by atoms with Gasteiger partial charge in [0, 0.05) is 13.2 Å². The lowest BCUT2D eigenvalue weighted by atomic mass is 10.2. The number of nitrogens with one attached hydrogen (secondary N) is 1. The summed E-state index contributed by atoms with van der Waals surface area (Å²) in [5.74, 6) is -0.511. The summed E-state index contributed by atoms with van der Waals surface area (Å²) in [6.45, 7) is 0.862. The number of benzene rings is 1. The fourth-order valence-electron chi connectivity index (χ4n) is 2.14. The van der Waals surface area contributed by atoms with Crippen molar-refractivity contribution in [2.45, 2.75) is 23.8 Å². The molecule has 1 aromatic carbocycles. The molecule has 1 atom stereocenters. The van der Waals surface area contributed by atoms with E-state index in [1.165, 1.54) is 25.3 Å². The molecule has 8 heteroatoms. The Balaban J connectivity index is 2.18. The van der Waals surface area contributed by atoms with Crippen molar-refractivity contribution in [2.24, 2.45) is 5.73 Å². The predicted molar refractivity (Wildman–Crippen MR) is 75.7 cm³/mol. The molecule has 3 N–H and O–H groups in total. The molecule has 1 aliphatic rings. The first-order chi connectivity index (χ1) is 9.94. The zero-order chi connectivity index (χ0) is 15.5. The Bertz CT molecular complexity index is 623. The normalized spacial score (nSPS) is 18.6. The Morgan fingerprint density at radius 3 is 2.86 bits per heavy atom. The second-order valence-corrected chi connectivity index (χ2v) is 6.48. The summed E-state index contributed by atoms with van der Waals surface area (Å²) in [5, 5.41) is 0. The van der Waals surface area contributed by atoms with Gasteiger partial charge in [-0.2, -0.15) is 0 Å². The van der Waals surface area contributed by atoms with Gasteiger partial charge in [-0.25, -0.2) is 13.1 Å². The van der Waals surface area contributed by atoms with Gasteiger partial charge in [-0.05, 0) is 31.0 Å². The maximum absolute atomic E-state index is 12.2. The monoisotopic (exact) mass is 314 g/mol. The maximum Gasteiger partial charge on any atom is 0.252 e. The molecule has 1 amide bonds. The standard InChI is InChI=1S/C13H18N2O5S/c1-19-12-5-4-10(7-11(12)13(14)16)21(17,18)15-8-9-3-2-6-20-9/h4-5,7,9,15H,2-3,6,8H2,1H3,(H2,14,16). The topological polar surface area (TPSA) is 108 Å². The highest BCUT2D eigenvalue weighted by atomic mass is 32.2. The van der Waals surface area contributed by atoms with Crippen LogP contribution in [0.25, 0.3) is 0 Å². The molecule has 116 valence electrons. The van der Waals surface area contributed by atoms with E-state index in [1.54, 1.807) is 0 Å². The Hall–Kier alpha value is -1.64. The number of primary amides is 1. The van der Waals surface area contributed by atoms with Crippen LogP contribution in [-0.2, 0) is 14.8 Å². The Morgan fingerprint density at radius 1 is 1.52 bits per heavy atom. The van der Waals surface area contributed by atoms with Crippen LogP contribution in [0.3, 0.4) is 0 Å². The van der Waals surface area contributed by atoms with Gasteiger partial charge in [-0.3, -0.25) is 4.79 Å². The number of ether oxygens (including phenoxy) is 2. The summed E-state index contributed by atoms with van der Waals surface area (Å²) in [6, 6.07) is 3.98. The van der Waals surface area contributed by atoms with Gasteiger partial charge < -0.3 is 15.2 Å². The van der Waals surface area contributed by atoms with Crippen LogP contribution in [0.4, 0.5) is 0 Å². The fraction of sp³-hybridized carbons (Fsp3) is 0.462. The maximum atomic E-state index is 12.2. The van der Waals surface area contributed by atoms with Crippen LogP contribution >= 0.6 is 0 Å². The van der Waals surface area contributed by atoms with Gasteiger partial charge in [-0.1, -0.05) is 0 Å². The highest BCUT2D eigenvalue weighted by molar-refractivity contribution is 7.89. The van der Waals surface area contributed by atoms with E-state index in [0.29, 0.717) is 6.61 Å². The number of carbonyl (C=O) groups excluding carboxylic acids is 1. The van der Waals surface area contributed by atoms with Gasteiger partial charge in [0.05, 0.1) is 23.7 Å². The number of nitrogens with two attached hydrogens (primary N) is 1. The van der Waals surface area contributed by atoms with Crippen molar-refractivity contribution < 1.29 is 22.7 Å². The average molecular weight is 314 g/mol. The molecule has 0 radical (unpaired) electrons. The molecule has 1 unspecified atom stereocenters. The van der Waals surface area contributed by atoms with Crippen LogP contribution in [0.15, 0.2) is 23.1 Å². The molecule has 0 spiro atoms. The lowest BCUT2D eigenvalue weighted by molar-refractivity contribution is 0.0997. The molecule has 2 rings (SSSR count). The molecule has 0 bridgehead atoms. The van der Waals surface area contributed by atoms with E-state index < -0.39 is 15.9 Å². The zero-order valence-electron chi connectivity index (χ0n) is 11.7. The Labute approximate surface area is 123 Å². The van der Waals surface area contributed by atoms with Gasteiger partial charge in [0.25, 0.3) is 5.91 Å². The number of amides is 1. The number of hydrogen-bond acceptors (Lipinski definition) is 5. The molecule has 0 aliphatic carbocycles. The van der Waals surface area contributed by atoms with Gasteiger partial charge in [0.1, 0.15) is 5.75 Å². The molecule has 1 aliphatic heterocycles. The molecular formula is C13H18N2O5S. The summed E-state index contributed by atoms with van der Waals surface area (Å²) in [7, 11) is -2.34.